The Labute approximate surface area is 117 Å². The molecular formula is C14H13ClO3S. The van der Waals surface area contributed by atoms with Crippen LogP contribution in [0.1, 0.15) is 12.5 Å². The second kappa shape index (κ2) is 5.63. The van der Waals surface area contributed by atoms with Gasteiger partial charge in [-0.3, -0.25) is 0 Å². The largest absolute Gasteiger partial charge is 0.457 e. The zero-order valence-corrected chi connectivity index (χ0v) is 11.9. The van der Waals surface area contributed by atoms with E-state index in [1.165, 1.54) is 17.7 Å². The fourth-order valence-corrected chi connectivity index (χ4v) is 2.37. The van der Waals surface area contributed by atoms with Crippen molar-refractivity contribution in [1.29, 1.82) is 0 Å². The number of aryl methyl sites for hydroxylation is 1. The molecule has 0 aliphatic rings. The third kappa shape index (κ3) is 3.72. The van der Waals surface area contributed by atoms with Gasteiger partial charge in [-0.2, -0.15) is 0 Å². The maximum absolute atomic E-state index is 11.1. The molecule has 0 atom stereocenters. The van der Waals surface area contributed by atoms with Crippen molar-refractivity contribution in [2.24, 2.45) is 0 Å². The van der Waals surface area contributed by atoms with E-state index in [1.54, 1.807) is 12.1 Å². The Morgan fingerprint density at radius 2 is 1.42 bits per heavy atom. The smallest absolute Gasteiger partial charge is 0.261 e. The molecule has 0 aliphatic carbocycles. The quantitative estimate of drug-likeness (QED) is 0.802. The monoisotopic (exact) mass is 296 g/mol. The van der Waals surface area contributed by atoms with Gasteiger partial charge in [-0.1, -0.05) is 19.1 Å². The van der Waals surface area contributed by atoms with Crippen LogP contribution in [0.15, 0.2) is 53.4 Å². The van der Waals surface area contributed by atoms with E-state index in [9.17, 15) is 8.42 Å². The van der Waals surface area contributed by atoms with Gasteiger partial charge in [-0.15, -0.1) is 0 Å². The maximum atomic E-state index is 11.1. The van der Waals surface area contributed by atoms with E-state index in [0.717, 1.165) is 6.42 Å². The second-order valence-corrected chi connectivity index (χ2v) is 6.57. The fourth-order valence-electron chi connectivity index (χ4n) is 1.60. The third-order valence-electron chi connectivity index (χ3n) is 2.67. The van der Waals surface area contributed by atoms with Gasteiger partial charge in [-0.25, -0.2) is 8.42 Å². The highest BCUT2D eigenvalue weighted by atomic mass is 35.7. The van der Waals surface area contributed by atoms with Gasteiger partial charge < -0.3 is 4.74 Å². The lowest BCUT2D eigenvalue weighted by atomic mass is 10.2. The Balaban J connectivity index is 2.15. The van der Waals surface area contributed by atoms with E-state index < -0.39 is 9.05 Å². The number of rotatable bonds is 4. The Morgan fingerprint density at radius 3 is 1.84 bits per heavy atom. The summed E-state index contributed by atoms with van der Waals surface area (Å²) in [5.41, 5.74) is 1.23. The first-order valence-electron chi connectivity index (χ1n) is 5.80. The van der Waals surface area contributed by atoms with Crippen molar-refractivity contribution < 1.29 is 13.2 Å². The highest BCUT2D eigenvalue weighted by Crippen LogP contribution is 2.24. The predicted molar refractivity (Wildman–Crippen MR) is 75.4 cm³/mol. The summed E-state index contributed by atoms with van der Waals surface area (Å²) in [4.78, 5) is 0.0582. The summed E-state index contributed by atoms with van der Waals surface area (Å²) >= 11 is 0. The topological polar surface area (TPSA) is 43.4 Å². The van der Waals surface area contributed by atoms with Gasteiger partial charge in [0.15, 0.2) is 0 Å². The molecule has 2 rings (SSSR count). The normalized spacial score (nSPS) is 11.3. The predicted octanol–water partition coefficient (Wildman–Crippen LogP) is 3.97. The molecule has 3 nitrogen and oxygen atoms in total. The van der Waals surface area contributed by atoms with Crippen LogP contribution in [0.3, 0.4) is 0 Å². The molecule has 0 saturated carbocycles. The van der Waals surface area contributed by atoms with E-state index in [0.29, 0.717) is 11.5 Å². The second-order valence-electron chi connectivity index (χ2n) is 4.01. The van der Waals surface area contributed by atoms with Crippen LogP contribution in [0.2, 0.25) is 0 Å². The molecule has 100 valence electrons. The van der Waals surface area contributed by atoms with Crippen LogP contribution < -0.4 is 4.74 Å². The van der Waals surface area contributed by atoms with Gasteiger partial charge in [0.1, 0.15) is 11.5 Å². The first-order chi connectivity index (χ1) is 8.99. The molecule has 2 aromatic carbocycles. The van der Waals surface area contributed by atoms with Crippen molar-refractivity contribution in [3.05, 3.63) is 54.1 Å². The number of halogens is 1. The minimum absolute atomic E-state index is 0.0582. The summed E-state index contributed by atoms with van der Waals surface area (Å²) in [7, 11) is 1.55. The lowest BCUT2D eigenvalue weighted by Crippen LogP contribution is -1.90. The molecule has 0 spiro atoms. The SMILES string of the molecule is CCc1ccc(Oc2ccc(S(=O)(=O)Cl)cc2)cc1. The molecule has 0 aliphatic heterocycles. The number of ether oxygens (including phenoxy) is 1. The number of benzene rings is 2. The van der Waals surface area contributed by atoms with Crippen molar-refractivity contribution in [3.8, 4) is 11.5 Å². The van der Waals surface area contributed by atoms with E-state index in [-0.39, 0.29) is 4.90 Å². The van der Waals surface area contributed by atoms with Crippen LogP contribution in [0.5, 0.6) is 11.5 Å². The van der Waals surface area contributed by atoms with Crippen LogP contribution in [0, 0.1) is 0 Å². The first kappa shape index (κ1) is 13.9. The summed E-state index contributed by atoms with van der Waals surface area (Å²) in [5.74, 6) is 1.27. The van der Waals surface area contributed by atoms with Crippen molar-refractivity contribution in [3.63, 3.8) is 0 Å². The highest BCUT2D eigenvalue weighted by molar-refractivity contribution is 8.13. The Hall–Kier alpha value is -1.52. The minimum Gasteiger partial charge on any atom is -0.457 e. The van der Waals surface area contributed by atoms with Gasteiger partial charge in [0, 0.05) is 10.7 Å². The zero-order valence-electron chi connectivity index (χ0n) is 10.3. The lowest BCUT2D eigenvalue weighted by Gasteiger charge is -2.06. The number of hydrogen-bond donors (Lipinski definition) is 0. The fraction of sp³-hybridized carbons (Fsp3) is 0.143. The molecule has 19 heavy (non-hydrogen) atoms. The van der Waals surface area contributed by atoms with E-state index in [1.807, 2.05) is 24.3 Å². The van der Waals surface area contributed by atoms with E-state index in [4.69, 9.17) is 15.4 Å². The minimum atomic E-state index is -3.68. The van der Waals surface area contributed by atoms with Crippen molar-refractivity contribution in [1.82, 2.24) is 0 Å². The van der Waals surface area contributed by atoms with Crippen LogP contribution in [-0.4, -0.2) is 8.42 Å². The van der Waals surface area contributed by atoms with Crippen LogP contribution in [0.25, 0.3) is 0 Å². The molecule has 0 N–H and O–H groups in total. The lowest BCUT2D eigenvalue weighted by molar-refractivity contribution is 0.482. The van der Waals surface area contributed by atoms with Gasteiger partial charge in [0.05, 0.1) is 4.90 Å². The molecule has 0 aromatic heterocycles. The summed E-state index contributed by atoms with van der Waals surface area (Å²) in [6.45, 7) is 2.08. The Bertz CT molecular complexity index is 646. The van der Waals surface area contributed by atoms with Crippen LogP contribution in [-0.2, 0) is 15.5 Å². The standard InChI is InChI=1S/C14H13ClO3S/c1-2-11-3-5-12(6-4-11)18-13-7-9-14(10-8-13)19(15,16)17/h3-10H,2H2,1H3. The van der Waals surface area contributed by atoms with Crippen LogP contribution >= 0.6 is 10.7 Å². The summed E-state index contributed by atoms with van der Waals surface area (Å²) in [5, 5.41) is 0. The van der Waals surface area contributed by atoms with E-state index in [2.05, 4.69) is 6.92 Å². The summed E-state index contributed by atoms with van der Waals surface area (Å²) < 4.78 is 27.8. The average Bonchev–Trinajstić information content (AvgIpc) is 2.39. The Morgan fingerprint density at radius 1 is 0.947 bits per heavy atom. The molecule has 0 heterocycles. The van der Waals surface area contributed by atoms with Gasteiger partial charge in [-0.05, 0) is 48.4 Å². The molecule has 2 aromatic rings. The molecule has 0 bridgehead atoms. The first-order valence-corrected chi connectivity index (χ1v) is 8.11. The molecular weight excluding hydrogens is 284 g/mol. The molecule has 0 saturated heterocycles. The summed E-state index contributed by atoms with van der Waals surface area (Å²) in [6, 6.07) is 13.7. The third-order valence-corrected chi connectivity index (χ3v) is 4.04. The zero-order chi connectivity index (χ0) is 13.9. The van der Waals surface area contributed by atoms with Gasteiger partial charge in [0.2, 0.25) is 0 Å². The van der Waals surface area contributed by atoms with Crippen molar-refractivity contribution in [2.45, 2.75) is 18.2 Å². The number of hydrogen-bond acceptors (Lipinski definition) is 3. The van der Waals surface area contributed by atoms with Crippen LogP contribution in [0.4, 0.5) is 0 Å². The Kier molecular flexibility index (Phi) is 4.12. The van der Waals surface area contributed by atoms with Crippen molar-refractivity contribution in [2.75, 3.05) is 0 Å². The average molecular weight is 297 g/mol. The molecule has 0 radical (unpaired) electrons. The highest BCUT2D eigenvalue weighted by Gasteiger charge is 2.09. The van der Waals surface area contributed by atoms with Gasteiger partial charge >= 0.3 is 0 Å². The maximum Gasteiger partial charge on any atom is 0.261 e. The summed E-state index contributed by atoms with van der Waals surface area (Å²) in [6.07, 6.45) is 0.975. The van der Waals surface area contributed by atoms with Crippen molar-refractivity contribution >= 4 is 19.7 Å². The van der Waals surface area contributed by atoms with Gasteiger partial charge in [0.25, 0.3) is 9.05 Å². The molecule has 0 amide bonds. The van der Waals surface area contributed by atoms with E-state index >= 15 is 0 Å². The molecule has 0 unspecified atom stereocenters. The molecule has 0 fully saturated rings. The molecule has 5 heteroatoms.